The number of ether oxygens (including phenoxy) is 1. The van der Waals surface area contributed by atoms with E-state index in [-0.39, 0.29) is 10.5 Å². The largest absolute Gasteiger partial charge is 0.380 e. The van der Waals surface area contributed by atoms with Crippen LogP contribution in [-0.4, -0.2) is 58.8 Å². The number of nitrogens with one attached hydrogen (secondary N) is 2. The molecule has 0 saturated carbocycles. The van der Waals surface area contributed by atoms with Crippen LogP contribution in [0.15, 0.2) is 12.3 Å². The van der Waals surface area contributed by atoms with Crippen molar-refractivity contribution < 1.29 is 9.53 Å². The summed E-state index contributed by atoms with van der Waals surface area (Å²) in [6.07, 6.45) is 4.38. The van der Waals surface area contributed by atoms with E-state index in [2.05, 4.69) is 26.2 Å². The number of carbonyl (C=O) groups excluding carboxylic acids is 1. The third-order valence-electron chi connectivity index (χ3n) is 3.28. The topological polar surface area (TPSA) is 78.3 Å². The molecule has 1 aromatic heterocycles. The van der Waals surface area contributed by atoms with Gasteiger partial charge in [-0.1, -0.05) is 0 Å². The van der Waals surface area contributed by atoms with Crippen molar-refractivity contribution in [3.8, 4) is 0 Å². The number of amides is 1. The van der Waals surface area contributed by atoms with Crippen molar-refractivity contribution in [1.82, 2.24) is 9.88 Å². The summed E-state index contributed by atoms with van der Waals surface area (Å²) in [4.78, 5) is 18.6. The third-order valence-corrected chi connectivity index (χ3v) is 4.14. The molecule has 1 aliphatic heterocycles. The van der Waals surface area contributed by atoms with Crippen LogP contribution in [0, 0.1) is 5.41 Å². The molecule has 0 aromatic carbocycles. The standard InChI is InChI=1S/C14H19BrN4O2S/c1-22-9-18-11-7-12(17-8-10(11)13(15)16)14(20)19-3-2-5-21-6-4-19/h7-8,16H,2-6,9H2,1H3,(H,17,18). The predicted octanol–water partition coefficient (Wildman–Crippen LogP) is 2.40. The minimum atomic E-state index is -0.0923. The van der Waals surface area contributed by atoms with Gasteiger partial charge in [-0.05, 0) is 34.7 Å². The highest BCUT2D eigenvalue weighted by molar-refractivity contribution is 9.18. The van der Waals surface area contributed by atoms with E-state index < -0.39 is 0 Å². The molecule has 6 nitrogen and oxygen atoms in total. The van der Waals surface area contributed by atoms with Gasteiger partial charge in [-0.15, -0.1) is 11.8 Å². The fourth-order valence-electron chi connectivity index (χ4n) is 2.15. The first-order valence-electron chi connectivity index (χ1n) is 6.97. The van der Waals surface area contributed by atoms with Gasteiger partial charge in [0, 0.05) is 37.1 Å². The quantitative estimate of drug-likeness (QED) is 0.599. The Morgan fingerprint density at radius 3 is 3.09 bits per heavy atom. The zero-order valence-corrected chi connectivity index (χ0v) is 14.8. The van der Waals surface area contributed by atoms with E-state index in [1.165, 1.54) is 0 Å². The fraction of sp³-hybridized carbons (Fsp3) is 0.500. The van der Waals surface area contributed by atoms with Gasteiger partial charge in [0.1, 0.15) is 10.3 Å². The molecule has 2 N–H and O–H groups in total. The number of aromatic nitrogens is 1. The second-order valence-electron chi connectivity index (χ2n) is 4.80. The van der Waals surface area contributed by atoms with Gasteiger partial charge in [-0.25, -0.2) is 0 Å². The van der Waals surface area contributed by atoms with Crippen LogP contribution in [0.25, 0.3) is 0 Å². The molecule has 0 atom stereocenters. The van der Waals surface area contributed by atoms with E-state index in [1.807, 2.05) is 6.26 Å². The van der Waals surface area contributed by atoms with Gasteiger partial charge in [0.15, 0.2) is 0 Å². The minimum Gasteiger partial charge on any atom is -0.380 e. The maximum atomic E-state index is 12.6. The first-order valence-corrected chi connectivity index (χ1v) is 9.16. The number of rotatable bonds is 5. The summed E-state index contributed by atoms with van der Waals surface area (Å²) in [5.41, 5.74) is 1.77. The van der Waals surface area contributed by atoms with Crippen molar-refractivity contribution in [3.05, 3.63) is 23.5 Å². The molecule has 0 aliphatic carbocycles. The Bertz CT molecular complexity index is 548. The monoisotopic (exact) mass is 386 g/mol. The van der Waals surface area contributed by atoms with Crippen LogP contribution in [-0.2, 0) is 4.74 Å². The highest BCUT2D eigenvalue weighted by Gasteiger charge is 2.20. The van der Waals surface area contributed by atoms with Crippen LogP contribution in [0.5, 0.6) is 0 Å². The molecule has 1 aliphatic rings. The van der Waals surface area contributed by atoms with Gasteiger partial charge < -0.3 is 15.0 Å². The molecule has 1 fully saturated rings. The first-order chi connectivity index (χ1) is 10.6. The van der Waals surface area contributed by atoms with Crippen LogP contribution in [0.2, 0.25) is 0 Å². The van der Waals surface area contributed by atoms with Crippen molar-refractivity contribution in [2.24, 2.45) is 0 Å². The lowest BCUT2D eigenvalue weighted by Gasteiger charge is -2.20. The van der Waals surface area contributed by atoms with Crippen molar-refractivity contribution >= 4 is 43.9 Å². The van der Waals surface area contributed by atoms with E-state index in [9.17, 15) is 4.79 Å². The Morgan fingerprint density at radius 2 is 2.36 bits per heavy atom. The van der Waals surface area contributed by atoms with E-state index in [0.29, 0.717) is 43.4 Å². The maximum absolute atomic E-state index is 12.6. The zero-order valence-electron chi connectivity index (χ0n) is 12.4. The van der Waals surface area contributed by atoms with Crippen LogP contribution in [0.3, 0.4) is 0 Å². The Labute approximate surface area is 142 Å². The van der Waals surface area contributed by atoms with Crippen LogP contribution < -0.4 is 5.32 Å². The third kappa shape index (κ3) is 4.44. The second-order valence-corrected chi connectivity index (χ2v) is 6.46. The van der Waals surface area contributed by atoms with Crippen LogP contribution in [0.1, 0.15) is 22.5 Å². The molecule has 1 aromatic rings. The number of anilines is 1. The molecule has 2 rings (SSSR count). The van der Waals surface area contributed by atoms with Gasteiger partial charge in [0.2, 0.25) is 0 Å². The maximum Gasteiger partial charge on any atom is 0.272 e. The molecule has 22 heavy (non-hydrogen) atoms. The van der Waals surface area contributed by atoms with Crippen molar-refractivity contribution in [1.29, 1.82) is 5.41 Å². The van der Waals surface area contributed by atoms with Crippen molar-refractivity contribution in [2.75, 3.05) is 43.8 Å². The van der Waals surface area contributed by atoms with E-state index in [4.69, 9.17) is 10.1 Å². The van der Waals surface area contributed by atoms with Crippen LogP contribution >= 0.6 is 27.7 Å². The molecular weight excluding hydrogens is 368 g/mol. The summed E-state index contributed by atoms with van der Waals surface area (Å²) >= 11 is 4.79. The molecule has 0 bridgehead atoms. The van der Waals surface area contributed by atoms with Gasteiger partial charge in [0.25, 0.3) is 5.91 Å². The molecular formula is C14H19BrN4O2S. The molecule has 0 radical (unpaired) electrons. The lowest BCUT2D eigenvalue weighted by Crippen LogP contribution is -2.33. The summed E-state index contributed by atoms with van der Waals surface area (Å²) in [5, 5.41) is 10.9. The number of pyridine rings is 1. The molecule has 2 heterocycles. The Balaban J connectivity index is 2.22. The second kappa shape index (κ2) is 8.50. The minimum absolute atomic E-state index is 0.0923. The van der Waals surface area contributed by atoms with Crippen molar-refractivity contribution in [2.45, 2.75) is 6.42 Å². The predicted molar refractivity (Wildman–Crippen MR) is 93.3 cm³/mol. The van der Waals surface area contributed by atoms with E-state index in [1.54, 1.807) is 28.9 Å². The lowest BCUT2D eigenvalue weighted by molar-refractivity contribution is 0.0735. The first kappa shape index (κ1) is 17.2. The Hall–Kier alpha value is -1.12. The summed E-state index contributed by atoms with van der Waals surface area (Å²) in [5.74, 6) is 0.605. The summed E-state index contributed by atoms with van der Waals surface area (Å²) in [6.45, 7) is 2.53. The van der Waals surface area contributed by atoms with Crippen molar-refractivity contribution in [3.63, 3.8) is 0 Å². The van der Waals surface area contributed by atoms with Gasteiger partial charge >= 0.3 is 0 Å². The van der Waals surface area contributed by atoms with E-state index in [0.717, 1.165) is 12.1 Å². The number of thioether (sulfide) groups is 1. The summed E-state index contributed by atoms with van der Waals surface area (Å²) in [7, 11) is 0. The number of hydrogen-bond acceptors (Lipinski definition) is 6. The molecule has 1 amide bonds. The fourth-order valence-corrected chi connectivity index (χ4v) is 2.77. The number of carbonyl (C=O) groups is 1. The average molecular weight is 387 g/mol. The Kier molecular flexibility index (Phi) is 6.66. The van der Waals surface area contributed by atoms with E-state index >= 15 is 0 Å². The SMILES string of the molecule is CSCNc1cc(C(=O)N2CCCOCC2)ncc1C(=N)Br. The molecule has 8 heteroatoms. The van der Waals surface area contributed by atoms with Gasteiger partial charge in [-0.2, -0.15) is 0 Å². The molecule has 1 saturated heterocycles. The number of halogens is 1. The summed E-state index contributed by atoms with van der Waals surface area (Å²) in [6, 6.07) is 1.72. The number of nitrogens with zero attached hydrogens (tertiary/aromatic N) is 2. The number of hydrogen-bond donors (Lipinski definition) is 2. The van der Waals surface area contributed by atoms with Gasteiger partial charge in [0.05, 0.1) is 12.5 Å². The van der Waals surface area contributed by atoms with Crippen LogP contribution in [0.4, 0.5) is 5.69 Å². The van der Waals surface area contributed by atoms with Gasteiger partial charge in [-0.3, -0.25) is 15.2 Å². The highest BCUT2D eigenvalue weighted by atomic mass is 79.9. The smallest absolute Gasteiger partial charge is 0.272 e. The lowest BCUT2D eigenvalue weighted by atomic mass is 10.2. The highest BCUT2D eigenvalue weighted by Crippen LogP contribution is 2.20. The molecule has 0 unspecified atom stereocenters. The normalized spacial score (nSPS) is 15.3. The average Bonchev–Trinajstić information content (AvgIpc) is 2.81. The molecule has 120 valence electrons. The Morgan fingerprint density at radius 1 is 1.55 bits per heavy atom. The zero-order chi connectivity index (χ0) is 15.9. The molecule has 0 spiro atoms. The summed E-state index contributed by atoms with van der Waals surface area (Å²) < 4.78 is 5.62.